The molecule has 0 aliphatic carbocycles. The van der Waals surface area contributed by atoms with Crippen LogP contribution in [0.3, 0.4) is 0 Å². The number of para-hydroxylation sites is 1. The molecule has 0 saturated heterocycles. The van der Waals surface area contributed by atoms with E-state index in [1.807, 2.05) is 55.5 Å². The second-order valence-corrected chi connectivity index (χ2v) is 7.24. The Bertz CT molecular complexity index is 988. The fraction of sp³-hybridized carbons (Fsp3) is 0.333. The van der Waals surface area contributed by atoms with E-state index in [1.165, 1.54) is 0 Å². The van der Waals surface area contributed by atoms with Gasteiger partial charge in [-0.05, 0) is 37.1 Å². The summed E-state index contributed by atoms with van der Waals surface area (Å²) in [6.45, 7) is 4.09. The maximum atomic E-state index is 12.6. The number of furan rings is 1. The number of hydrogen-bond donors (Lipinski definition) is 0. The van der Waals surface area contributed by atoms with Crippen LogP contribution in [0.25, 0.3) is 11.0 Å². The van der Waals surface area contributed by atoms with Crippen molar-refractivity contribution in [3.05, 3.63) is 65.4 Å². The molecule has 3 rings (SSSR count). The van der Waals surface area contributed by atoms with Crippen LogP contribution in [0.15, 0.2) is 52.9 Å². The van der Waals surface area contributed by atoms with Gasteiger partial charge in [-0.1, -0.05) is 37.3 Å². The van der Waals surface area contributed by atoms with Crippen LogP contribution in [-0.2, 0) is 29.0 Å². The minimum Gasteiger partial charge on any atom is -0.484 e. The lowest BCUT2D eigenvalue weighted by Crippen LogP contribution is -2.31. The zero-order valence-electron chi connectivity index (χ0n) is 17.2. The van der Waals surface area contributed by atoms with E-state index in [9.17, 15) is 9.59 Å². The summed E-state index contributed by atoms with van der Waals surface area (Å²) in [4.78, 5) is 25.3. The molecule has 0 spiro atoms. The van der Waals surface area contributed by atoms with Gasteiger partial charge in [-0.3, -0.25) is 4.79 Å². The molecule has 0 N–H and O–H groups in total. The first-order valence-corrected chi connectivity index (χ1v) is 9.92. The topological polar surface area (TPSA) is 59.8 Å². The second kappa shape index (κ2) is 9.41. The van der Waals surface area contributed by atoms with E-state index in [-0.39, 0.29) is 18.3 Å². The van der Waals surface area contributed by atoms with Gasteiger partial charge in [0.25, 0.3) is 5.91 Å². The number of carbonyl (C=O) groups is 2. The Morgan fingerprint density at radius 2 is 1.79 bits per heavy atom. The van der Waals surface area contributed by atoms with Crippen LogP contribution in [0.1, 0.15) is 37.2 Å². The number of likely N-dealkylation sites (N-methyl/N-ethyl adjacent to an activating group) is 1. The predicted octanol–water partition coefficient (Wildman–Crippen LogP) is 4.55. The number of rotatable bonds is 9. The Morgan fingerprint density at radius 1 is 1.07 bits per heavy atom. The first kappa shape index (κ1) is 20.6. The number of ketones is 1. The summed E-state index contributed by atoms with van der Waals surface area (Å²) in [6.07, 6.45) is 2.03. The number of fused-ring (bicyclic) bond motifs is 1. The lowest BCUT2D eigenvalue weighted by atomic mass is 10.1. The number of aryl methyl sites for hydroxylation is 2. The first-order valence-electron chi connectivity index (χ1n) is 9.92. The van der Waals surface area contributed by atoms with Crippen LogP contribution in [0.5, 0.6) is 5.75 Å². The molecule has 0 aliphatic rings. The van der Waals surface area contributed by atoms with E-state index < -0.39 is 0 Å². The van der Waals surface area contributed by atoms with Crippen molar-refractivity contribution in [2.75, 3.05) is 13.7 Å². The highest BCUT2D eigenvalue weighted by Crippen LogP contribution is 2.27. The molecule has 0 bridgehead atoms. The van der Waals surface area contributed by atoms with E-state index in [2.05, 4.69) is 0 Å². The van der Waals surface area contributed by atoms with Crippen molar-refractivity contribution in [3.8, 4) is 5.75 Å². The van der Waals surface area contributed by atoms with Crippen LogP contribution in [0, 0.1) is 0 Å². The number of ether oxygens (including phenoxy) is 1. The van der Waals surface area contributed by atoms with Crippen LogP contribution in [-0.4, -0.2) is 30.2 Å². The minimum absolute atomic E-state index is 0.0272. The summed E-state index contributed by atoms with van der Waals surface area (Å²) in [6, 6.07) is 15.4. The van der Waals surface area contributed by atoms with Crippen molar-refractivity contribution >= 4 is 22.7 Å². The van der Waals surface area contributed by atoms with E-state index >= 15 is 0 Å². The number of Topliss-reactive ketones (excluding diaryl/α,β-unsaturated/α-hetero) is 1. The molecule has 5 heteroatoms. The maximum absolute atomic E-state index is 12.6. The predicted molar refractivity (Wildman–Crippen MR) is 113 cm³/mol. The summed E-state index contributed by atoms with van der Waals surface area (Å²) in [7, 11) is 1.78. The highest BCUT2D eigenvalue weighted by atomic mass is 16.5. The van der Waals surface area contributed by atoms with Crippen molar-refractivity contribution in [2.24, 2.45) is 0 Å². The highest BCUT2D eigenvalue weighted by Gasteiger charge is 2.17. The molecular weight excluding hydrogens is 366 g/mol. The van der Waals surface area contributed by atoms with Crippen molar-refractivity contribution < 1.29 is 18.7 Å². The minimum atomic E-state index is -0.0991. The van der Waals surface area contributed by atoms with E-state index in [4.69, 9.17) is 9.15 Å². The molecule has 0 fully saturated rings. The van der Waals surface area contributed by atoms with E-state index in [1.54, 1.807) is 18.9 Å². The van der Waals surface area contributed by atoms with Gasteiger partial charge in [-0.25, -0.2) is 0 Å². The van der Waals surface area contributed by atoms with Crippen LogP contribution < -0.4 is 4.74 Å². The molecule has 5 nitrogen and oxygen atoms in total. The zero-order valence-corrected chi connectivity index (χ0v) is 17.2. The molecule has 29 heavy (non-hydrogen) atoms. The third kappa shape index (κ3) is 5.25. The Labute approximate surface area is 171 Å². The molecule has 152 valence electrons. The van der Waals surface area contributed by atoms with Crippen molar-refractivity contribution in [1.29, 1.82) is 0 Å². The number of nitrogens with zero attached hydrogens (tertiary/aromatic N) is 1. The Morgan fingerprint density at radius 3 is 2.48 bits per heavy atom. The van der Waals surface area contributed by atoms with Gasteiger partial charge in [0.15, 0.2) is 6.61 Å². The molecule has 0 aliphatic heterocycles. The summed E-state index contributed by atoms with van der Waals surface area (Å²) in [5.41, 5.74) is 2.98. The number of carbonyl (C=O) groups excluding carboxylic acids is 2. The first-order chi connectivity index (χ1) is 14.0. The van der Waals surface area contributed by atoms with Gasteiger partial charge in [0.05, 0.1) is 0 Å². The normalized spacial score (nSPS) is 10.9. The largest absolute Gasteiger partial charge is 0.484 e. The van der Waals surface area contributed by atoms with Gasteiger partial charge in [-0.2, -0.15) is 0 Å². The Hall–Kier alpha value is -3.08. The summed E-state index contributed by atoms with van der Waals surface area (Å²) in [5.74, 6) is 1.63. The molecule has 0 saturated carbocycles. The molecule has 0 radical (unpaired) electrons. The average Bonchev–Trinajstić information content (AvgIpc) is 3.08. The summed E-state index contributed by atoms with van der Waals surface area (Å²) < 4.78 is 11.6. The van der Waals surface area contributed by atoms with Gasteiger partial charge in [0.1, 0.15) is 22.9 Å². The molecular formula is C24H27NO4. The van der Waals surface area contributed by atoms with Gasteiger partial charge in [-0.15, -0.1) is 0 Å². The third-order valence-electron chi connectivity index (χ3n) is 4.98. The molecule has 0 unspecified atom stereocenters. The SMILES string of the molecule is CCc1oc2ccccc2c1CN(C)C(=O)COc1ccc(CCC(C)=O)cc1. The third-order valence-corrected chi connectivity index (χ3v) is 4.98. The molecule has 2 aromatic carbocycles. The van der Waals surface area contributed by atoms with E-state index in [0.717, 1.165) is 40.7 Å². The molecule has 1 aromatic heterocycles. The Kier molecular flexibility index (Phi) is 6.70. The van der Waals surface area contributed by atoms with Gasteiger partial charge in [0.2, 0.25) is 0 Å². The standard InChI is InChI=1S/C24H27NO4/c1-4-22-21(20-7-5-6-8-23(20)29-22)15-25(3)24(27)16-28-19-13-11-18(12-14-19)10-9-17(2)26/h5-8,11-14H,4,9-10,15-16H2,1-3H3. The average molecular weight is 393 g/mol. The Balaban J connectivity index is 1.58. The monoisotopic (exact) mass is 393 g/mol. The molecule has 3 aromatic rings. The lowest BCUT2D eigenvalue weighted by Gasteiger charge is -2.18. The van der Waals surface area contributed by atoms with Gasteiger partial charge >= 0.3 is 0 Å². The van der Waals surface area contributed by atoms with Crippen LogP contribution in [0.4, 0.5) is 0 Å². The smallest absolute Gasteiger partial charge is 0.260 e. The van der Waals surface area contributed by atoms with Crippen LogP contribution in [0.2, 0.25) is 0 Å². The molecule has 1 heterocycles. The second-order valence-electron chi connectivity index (χ2n) is 7.24. The number of amides is 1. The molecule has 1 amide bonds. The van der Waals surface area contributed by atoms with Crippen molar-refractivity contribution in [3.63, 3.8) is 0 Å². The van der Waals surface area contributed by atoms with Gasteiger partial charge < -0.3 is 18.8 Å². The summed E-state index contributed by atoms with van der Waals surface area (Å²) in [5, 5.41) is 1.05. The fourth-order valence-electron chi connectivity index (χ4n) is 3.26. The van der Waals surface area contributed by atoms with Gasteiger partial charge in [0, 0.05) is 37.4 Å². The number of benzene rings is 2. The lowest BCUT2D eigenvalue weighted by molar-refractivity contribution is -0.132. The number of hydrogen-bond acceptors (Lipinski definition) is 4. The zero-order chi connectivity index (χ0) is 20.8. The quantitative estimate of drug-likeness (QED) is 0.535. The van der Waals surface area contributed by atoms with Crippen LogP contribution >= 0.6 is 0 Å². The van der Waals surface area contributed by atoms with Crippen molar-refractivity contribution in [2.45, 2.75) is 39.7 Å². The maximum Gasteiger partial charge on any atom is 0.260 e. The van der Waals surface area contributed by atoms with Crippen molar-refractivity contribution in [1.82, 2.24) is 4.90 Å². The summed E-state index contributed by atoms with van der Waals surface area (Å²) >= 11 is 0. The molecule has 0 atom stereocenters. The van der Waals surface area contributed by atoms with E-state index in [0.29, 0.717) is 18.7 Å². The fourth-order valence-corrected chi connectivity index (χ4v) is 3.26. The highest BCUT2D eigenvalue weighted by molar-refractivity contribution is 5.83.